The van der Waals surface area contributed by atoms with E-state index in [1.807, 2.05) is 30.3 Å². The second-order valence-electron chi connectivity index (χ2n) is 8.51. The Labute approximate surface area is 232 Å². The summed E-state index contributed by atoms with van der Waals surface area (Å²) in [6.07, 6.45) is 0. The predicted octanol–water partition coefficient (Wildman–Crippen LogP) is 4.62. The number of carbonyl (C=O) groups excluding carboxylic acids is 2. The molecule has 2 aromatic heterocycles. The molecule has 1 aliphatic heterocycles. The van der Waals surface area contributed by atoms with Gasteiger partial charge >= 0.3 is 5.97 Å². The Morgan fingerprint density at radius 1 is 1.05 bits per heavy atom. The third kappa shape index (κ3) is 4.20. The Balaban J connectivity index is 1.48. The Morgan fingerprint density at radius 3 is 2.55 bits per heavy atom. The van der Waals surface area contributed by atoms with Gasteiger partial charge in [-0.2, -0.15) is 9.50 Å². The van der Waals surface area contributed by atoms with E-state index in [2.05, 4.69) is 26.0 Å². The summed E-state index contributed by atoms with van der Waals surface area (Å²) < 4.78 is 7.49. The summed E-state index contributed by atoms with van der Waals surface area (Å²) in [4.78, 5) is 45.3. The molecule has 0 saturated carbocycles. The molecular formula is C27H16BrClN4O4S. The number of ether oxygens (including phenoxy) is 1. The van der Waals surface area contributed by atoms with Crippen LogP contribution in [0.3, 0.4) is 0 Å². The van der Waals surface area contributed by atoms with Crippen molar-refractivity contribution in [3.63, 3.8) is 0 Å². The molecule has 0 unspecified atom stereocenters. The summed E-state index contributed by atoms with van der Waals surface area (Å²) in [5.74, 6) is -0.223. The lowest BCUT2D eigenvalue weighted by Gasteiger charge is -2.17. The fourth-order valence-corrected chi connectivity index (χ4v) is 5.83. The lowest BCUT2D eigenvalue weighted by molar-refractivity contribution is -0.131. The Hall–Kier alpha value is -3.86. The molecule has 3 heterocycles. The lowest BCUT2D eigenvalue weighted by atomic mass is 10.1. The molecule has 0 saturated heterocycles. The van der Waals surface area contributed by atoms with Crippen LogP contribution in [0, 0.1) is 0 Å². The number of amides is 1. The molecule has 0 atom stereocenters. The first-order chi connectivity index (χ1) is 18.3. The second-order valence-corrected chi connectivity index (χ2v) is 10.8. The molecule has 1 amide bonds. The van der Waals surface area contributed by atoms with Crippen molar-refractivity contribution in [2.45, 2.75) is 13.5 Å². The van der Waals surface area contributed by atoms with Gasteiger partial charge in [-0.15, -0.1) is 5.10 Å². The molecule has 0 bridgehead atoms. The molecule has 8 nitrogen and oxygen atoms in total. The number of aromatic nitrogens is 3. The number of carbonyl (C=O) groups is 2. The molecule has 0 aliphatic carbocycles. The first-order valence-corrected chi connectivity index (χ1v) is 13.4. The SMILES string of the molecule is CC(=O)Oc1ccccc1-c1nc2s/c(=C3\C(=O)N(Cc4ccc(Cl)cc4)c4ccc(Br)cc43)c(=O)n2n1. The average Bonchev–Trinajstić information content (AvgIpc) is 3.51. The number of anilines is 1. The van der Waals surface area contributed by atoms with Gasteiger partial charge in [-0.1, -0.05) is 63.1 Å². The number of hydrogen-bond acceptors (Lipinski definition) is 7. The van der Waals surface area contributed by atoms with Crippen LogP contribution in [0.2, 0.25) is 5.02 Å². The minimum Gasteiger partial charge on any atom is -0.426 e. The van der Waals surface area contributed by atoms with Crippen LogP contribution in [0.15, 0.2) is 76.0 Å². The van der Waals surface area contributed by atoms with Crippen LogP contribution in [-0.2, 0) is 16.1 Å². The van der Waals surface area contributed by atoms with Gasteiger partial charge in [0.2, 0.25) is 4.96 Å². The van der Waals surface area contributed by atoms with Gasteiger partial charge < -0.3 is 9.64 Å². The largest absolute Gasteiger partial charge is 0.426 e. The van der Waals surface area contributed by atoms with Gasteiger partial charge in [0.25, 0.3) is 11.5 Å². The monoisotopic (exact) mass is 606 g/mol. The van der Waals surface area contributed by atoms with E-state index in [-0.39, 0.29) is 16.3 Å². The minimum absolute atomic E-state index is 0.243. The standard InChI is InChI=1S/C27H16BrClN4O4S/c1-14(34)37-21-5-3-2-4-18(21)24-30-27-33(31-24)26(36)23(38-27)22-19-12-16(28)8-11-20(19)32(25(22)35)13-15-6-9-17(29)10-7-15/h2-12H,13H2,1H3/b23-22-. The van der Waals surface area contributed by atoms with E-state index < -0.39 is 11.5 Å². The molecule has 1 aliphatic rings. The van der Waals surface area contributed by atoms with Crippen molar-refractivity contribution in [1.29, 1.82) is 0 Å². The van der Waals surface area contributed by atoms with Crippen molar-refractivity contribution in [2.24, 2.45) is 0 Å². The highest BCUT2D eigenvalue weighted by atomic mass is 79.9. The van der Waals surface area contributed by atoms with Gasteiger partial charge in [-0.25, -0.2) is 0 Å². The summed E-state index contributed by atoms with van der Waals surface area (Å²) in [5, 5.41) is 5.00. The van der Waals surface area contributed by atoms with Gasteiger partial charge in [0.05, 0.1) is 23.4 Å². The number of thiazole rings is 1. The normalized spacial score (nSPS) is 14.3. The van der Waals surface area contributed by atoms with Gasteiger partial charge in [0.1, 0.15) is 10.3 Å². The third-order valence-corrected chi connectivity index (χ3v) is 7.77. The average molecular weight is 608 g/mol. The fourth-order valence-electron chi connectivity index (χ4n) is 4.35. The van der Waals surface area contributed by atoms with E-state index >= 15 is 0 Å². The number of esters is 1. The maximum atomic E-state index is 13.7. The van der Waals surface area contributed by atoms with Crippen LogP contribution in [0.1, 0.15) is 18.1 Å². The molecule has 3 aromatic carbocycles. The van der Waals surface area contributed by atoms with Crippen molar-refractivity contribution in [1.82, 2.24) is 14.6 Å². The third-order valence-electron chi connectivity index (χ3n) is 6.00. The van der Waals surface area contributed by atoms with Gasteiger partial charge in [0.15, 0.2) is 5.82 Å². The Bertz CT molecular complexity index is 1880. The first kappa shape index (κ1) is 24.5. The summed E-state index contributed by atoms with van der Waals surface area (Å²) in [6, 6.07) is 19.7. The highest BCUT2D eigenvalue weighted by molar-refractivity contribution is 9.10. The van der Waals surface area contributed by atoms with E-state index in [1.54, 1.807) is 41.3 Å². The molecule has 0 N–H and O–H groups in total. The molecule has 5 aromatic rings. The van der Waals surface area contributed by atoms with E-state index in [1.165, 1.54) is 11.4 Å². The van der Waals surface area contributed by atoms with Crippen LogP contribution in [-0.4, -0.2) is 26.5 Å². The summed E-state index contributed by atoms with van der Waals surface area (Å²) in [6.45, 7) is 1.63. The van der Waals surface area contributed by atoms with Crippen LogP contribution in [0.25, 0.3) is 21.9 Å². The highest BCUT2D eigenvalue weighted by Gasteiger charge is 2.35. The predicted molar refractivity (Wildman–Crippen MR) is 148 cm³/mol. The number of benzene rings is 3. The zero-order valence-electron chi connectivity index (χ0n) is 19.6. The second kappa shape index (κ2) is 9.46. The minimum atomic E-state index is -0.477. The first-order valence-electron chi connectivity index (χ1n) is 11.4. The van der Waals surface area contributed by atoms with E-state index in [9.17, 15) is 14.4 Å². The number of halogens is 2. The van der Waals surface area contributed by atoms with Crippen LogP contribution >= 0.6 is 38.9 Å². The van der Waals surface area contributed by atoms with Crippen molar-refractivity contribution in [3.05, 3.63) is 102 Å². The Morgan fingerprint density at radius 2 is 1.82 bits per heavy atom. The number of hydrogen-bond donors (Lipinski definition) is 0. The molecule has 6 rings (SSSR count). The molecule has 38 heavy (non-hydrogen) atoms. The fraction of sp³-hybridized carbons (Fsp3) is 0.0741. The molecule has 0 spiro atoms. The van der Waals surface area contributed by atoms with Crippen LogP contribution < -0.4 is 19.7 Å². The van der Waals surface area contributed by atoms with Gasteiger partial charge in [-0.05, 0) is 48.0 Å². The van der Waals surface area contributed by atoms with E-state index in [0.29, 0.717) is 44.7 Å². The number of fused-ring (bicyclic) bond motifs is 2. The molecule has 0 radical (unpaired) electrons. The van der Waals surface area contributed by atoms with E-state index in [4.69, 9.17) is 16.3 Å². The van der Waals surface area contributed by atoms with Gasteiger partial charge in [0, 0.05) is 22.0 Å². The van der Waals surface area contributed by atoms with E-state index in [0.717, 1.165) is 21.4 Å². The number of rotatable bonds is 4. The quantitative estimate of drug-likeness (QED) is 0.219. The smallest absolute Gasteiger partial charge is 0.308 e. The molecule has 0 fully saturated rings. The topological polar surface area (TPSA) is 93.9 Å². The van der Waals surface area contributed by atoms with Crippen molar-refractivity contribution < 1.29 is 14.3 Å². The maximum Gasteiger partial charge on any atom is 0.308 e. The summed E-state index contributed by atoms with van der Waals surface area (Å²) in [7, 11) is 0. The van der Waals surface area contributed by atoms with Crippen molar-refractivity contribution in [2.75, 3.05) is 4.90 Å². The zero-order valence-corrected chi connectivity index (χ0v) is 22.8. The molecule has 11 heteroatoms. The molecule has 188 valence electrons. The highest BCUT2D eigenvalue weighted by Crippen LogP contribution is 2.38. The van der Waals surface area contributed by atoms with Crippen LogP contribution in [0.4, 0.5) is 5.69 Å². The summed E-state index contributed by atoms with van der Waals surface area (Å²) in [5.41, 5.74) is 2.60. The zero-order chi connectivity index (χ0) is 26.6. The number of para-hydroxylation sites is 1. The maximum absolute atomic E-state index is 13.7. The molecular weight excluding hydrogens is 592 g/mol. The van der Waals surface area contributed by atoms with Gasteiger partial charge in [-0.3, -0.25) is 14.4 Å². The number of nitrogens with zero attached hydrogens (tertiary/aromatic N) is 4. The van der Waals surface area contributed by atoms with Crippen LogP contribution in [0.5, 0.6) is 5.75 Å². The summed E-state index contributed by atoms with van der Waals surface area (Å²) >= 11 is 10.6. The Kier molecular flexibility index (Phi) is 6.10. The lowest BCUT2D eigenvalue weighted by Crippen LogP contribution is -2.32. The van der Waals surface area contributed by atoms with Crippen molar-refractivity contribution in [3.8, 4) is 17.1 Å². The van der Waals surface area contributed by atoms with Crippen molar-refractivity contribution >= 4 is 67.0 Å².